The third-order valence-corrected chi connectivity index (χ3v) is 2.59. The summed E-state index contributed by atoms with van der Waals surface area (Å²) >= 11 is 11.6. The molecule has 3 heteroatoms. The Kier molecular flexibility index (Phi) is 4.56. The van der Waals surface area contributed by atoms with Gasteiger partial charge in [0.05, 0.1) is 16.7 Å². The topological polar surface area (TPSA) is 9.23 Å². The number of benzene rings is 1. The third-order valence-electron chi connectivity index (χ3n) is 1.85. The van der Waals surface area contributed by atoms with Gasteiger partial charge >= 0.3 is 0 Å². The fourth-order valence-corrected chi connectivity index (χ4v) is 1.27. The van der Waals surface area contributed by atoms with Crippen LogP contribution in [0.5, 0.6) is 5.75 Å². The first kappa shape index (κ1) is 11.7. The van der Waals surface area contributed by atoms with Crippen molar-refractivity contribution in [3.8, 4) is 5.75 Å². The summed E-state index contributed by atoms with van der Waals surface area (Å²) in [6.45, 7) is 5.05. The quantitative estimate of drug-likeness (QED) is 0.747. The first-order chi connectivity index (χ1) is 6.59. The molecule has 0 N–H and O–H groups in total. The number of hydrogen-bond donors (Lipinski definition) is 0. The zero-order valence-corrected chi connectivity index (χ0v) is 9.90. The fourth-order valence-electron chi connectivity index (χ4n) is 0.979. The van der Waals surface area contributed by atoms with Gasteiger partial charge in [0.2, 0.25) is 0 Å². The average molecular weight is 233 g/mol. The SMILES string of the molecule is CC(C)CCOc1ccc(Cl)c(Cl)c1. The van der Waals surface area contributed by atoms with Gasteiger partial charge in [0.15, 0.2) is 0 Å². The summed E-state index contributed by atoms with van der Waals surface area (Å²) in [7, 11) is 0. The second-order valence-electron chi connectivity index (χ2n) is 3.61. The summed E-state index contributed by atoms with van der Waals surface area (Å²) in [4.78, 5) is 0. The van der Waals surface area contributed by atoms with Crippen molar-refractivity contribution in [3.63, 3.8) is 0 Å². The predicted molar refractivity (Wildman–Crippen MR) is 61.4 cm³/mol. The van der Waals surface area contributed by atoms with E-state index < -0.39 is 0 Å². The molecule has 0 fully saturated rings. The minimum absolute atomic E-state index is 0.536. The number of halogens is 2. The molecular formula is C11H14Cl2O. The molecule has 0 atom stereocenters. The number of ether oxygens (including phenoxy) is 1. The average Bonchev–Trinajstić information content (AvgIpc) is 2.10. The molecule has 1 rings (SSSR count). The van der Waals surface area contributed by atoms with E-state index in [2.05, 4.69) is 13.8 Å². The lowest BCUT2D eigenvalue weighted by Gasteiger charge is -2.08. The molecule has 78 valence electrons. The Morgan fingerprint density at radius 1 is 1.21 bits per heavy atom. The van der Waals surface area contributed by atoms with Gasteiger partial charge in [-0.3, -0.25) is 0 Å². The monoisotopic (exact) mass is 232 g/mol. The largest absolute Gasteiger partial charge is 0.494 e. The third kappa shape index (κ3) is 3.77. The van der Waals surface area contributed by atoms with Gasteiger partial charge < -0.3 is 4.74 Å². The van der Waals surface area contributed by atoms with Gasteiger partial charge in [-0.05, 0) is 24.5 Å². The lowest BCUT2D eigenvalue weighted by atomic mass is 10.1. The van der Waals surface area contributed by atoms with Crippen LogP contribution in [0.25, 0.3) is 0 Å². The van der Waals surface area contributed by atoms with Crippen molar-refractivity contribution < 1.29 is 4.74 Å². The fraction of sp³-hybridized carbons (Fsp3) is 0.455. The van der Waals surface area contributed by atoms with Crippen molar-refractivity contribution in [2.75, 3.05) is 6.61 Å². The molecule has 0 aromatic heterocycles. The molecule has 1 aromatic carbocycles. The van der Waals surface area contributed by atoms with Gasteiger partial charge in [-0.15, -0.1) is 0 Å². The summed E-state index contributed by atoms with van der Waals surface area (Å²) in [6.07, 6.45) is 1.04. The van der Waals surface area contributed by atoms with Crippen LogP contribution in [0.15, 0.2) is 18.2 Å². The van der Waals surface area contributed by atoms with Crippen molar-refractivity contribution in [2.24, 2.45) is 5.92 Å². The molecule has 0 bridgehead atoms. The highest BCUT2D eigenvalue weighted by Crippen LogP contribution is 2.26. The van der Waals surface area contributed by atoms with E-state index in [-0.39, 0.29) is 0 Å². The van der Waals surface area contributed by atoms with E-state index >= 15 is 0 Å². The Morgan fingerprint density at radius 2 is 1.93 bits per heavy atom. The molecule has 1 nitrogen and oxygen atoms in total. The van der Waals surface area contributed by atoms with E-state index in [1.807, 2.05) is 6.07 Å². The minimum atomic E-state index is 0.536. The van der Waals surface area contributed by atoms with E-state index in [1.54, 1.807) is 12.1 Å². The van der Waals surface area contributed by atoms with Crippen molar-refractivity contribution >= 4 is 23.2 Å². The van der Waals surface area contributed by atoms with Crippen LogP contribution >= 0.6 is 23.2 Å². The Balaban J connectivity index is 2.47. The molecule has 0 saturated heterocycles. The standard InChI is InChI=1S/C11H14Cl2O/c1-8(2)5-6-14-9-3-4-10(12)11(13)7-9/h3-4,7-8H,5-6H2,1-2H3. The molecule has 0 unspecified atom stereocenters. The van der Waals surface area contributed by atoms with E-state index in [0.717, 1.165) is 18.8 Å². The minimum Gasteiger partial charge on any atom is -0.494 e. The van der Waals surface area contributed by atoms with Crippen LogP contribution in [-0.2, 0) is 0 Å². The molecule has 0 radical (unpaired) electrons. The maximum atomic E-state index is 5.84. The highest BCUT2D eigenvalue weighted by molar-refractivity contribution is 6.42. The molecule has 0 aliphatic heterocycles. The first-order valence-electron chi connectivity index (χ1n) is 4.67. The van der Waals surface area contributed by atoms with Crippen molar-refractivity contribution in [2.45, 2.75) is 20.3 Å². The highest BCUT2D eigenvalue weighted by Gasteiger charge is 2.00. The zero-order chi connectivity index (χ0) is 10.6. The van der Waals surface area contributed by atoms with Crippen LogP contribution in [0.3, 0.4) is 0 Å². The van der Waals surface area contributed by atoms with Crippen LogP contribution in [0, 0.1) is 5.92 Å². The predicted octanol–water partition coefficient (Wildman–Crippen LogP) is 4.42. The molecule has 14 heavy (non-hydrogen) atoms. The lowest BCUT2D eigenvalue weighted by Crippen LogP contribution is -2.01. The summed E-state index contributed by atoms with van der Waals surface area (Å²) in [5.41, 5.74) is 0. The molecule has 0 saturated carbocycles. The molecule has 0 heterocycles. The van der Waals surface area contributed by atoms with Gasteiger partial charge in [-0.25, -0.2) is 0 Å². The van der Waals surface area contributed by atoms with Crippen LogP contribution in [0.4, 0.5) is 0 Å². The van der Waals surface area contributed by atoms with Crippen molar-refractivity contribution in [1.29, 1.82) is 0 Å². The summed E-state index contributed by atoms with van der Waals surface area (Å²) in [5, 5.41) is 1.09. The molecular weight excluding hydrogens is 219 g/mol. The summed E-state index contributed by atoms with van der Waals surface area (Å²) in [5.74, 6) is 1.43. The van der Waals surface area contributed by atoms with Gasteiger partial charge in [0, 0.05) is 6.07 Å². The van der Waals surface area contributed by atoms with E-state index in [1.165, 1.54) is 0 Å². The van der Waals surface area contributed by atoms with Crippen molar-refractivity contribution in [1.82, 2.24) is 0 Å². The molecule has 0 amide bonds. The summed E-state index contributed by atoms with van der Waals surface area (Å²) in [6, 6.07) is 5.31. The molecule has 1 aromatic rings. The van der Waals surface area contributed by atoms with Gasteiger partial charge in [0.25, 0.3) is 0 Å². The Morgan fingerprint density at radius 3 is 2.50 bits per heavy atom. The van der Waals surface area contributed by atoms with Crippen LogP contribution in [0.2, 0.25) is 10.0 Å². The van der Waals surface area contributed by atoms with Gasteiger partial charge in [-0.2, -0.15) is 0 Å². The second-order valence-corrected chi connectivity index (χ2v) is 4.42. The maximum Gasteiger partial charge on any atom is 0.120 e. The molecule has 0 spiro atoms. The van der Waals surface area contributed by atoms with Crippen LogP contribution < -0.4 is 4.74 Å². The first-order valence-corrected chi connectivity index (χ1v) is 5.43. The molecule has 0 aliphatic carbocycles. The highest BCUT2D eigenvalue weighted by atomic mass is 35.5. The smallest absolute Gasteiger partial charge is 0.120 e. The van der Waals surface area contributed by atoms with Crippen LogP contribution in [-0.4, -0.2) is 6.61 Å². The van der Waals surface area contributed by atoms with Gasteiger partial charge in [-0.1, -0.05) is 37.0 Å². The Labute approximate surface area is 95.0 Å². The Bertz CT molecular complexity index is 297. The second kappa shape index (κ2) is 5.47. The van der Waals surface area contributed by atoms with Gasteiger partial charge in [0.1, 0.15) is 5.75 Å². The zero-order valence-electron chi connectivity index (χ0n) is 8.39. The van der Waals surface area contributed by atoms with E-state index in [0.29, 0.717) is 16.0 Å². The normalized spacial score (nSPS) is 10.6. The number of rotatable bonds is 4. The van der Waals surface area contributed by atoms with E-state index in [4.69, 9.17) is 27.9 Å². The summed E-state index contributed by atoms with van der Waals surface area (Å²) < 4.78 is 5.51. The number of hydrogen-bond acceptors (Lipinski definition) is 1. The Hall–Kier alpha value is -0.400. The van der Waals surface area contributed by atoms with Crippen molar-refractivity contribution in [3.05, 3.63) is 28.2 Å². The lowest BCUT2D eigenvalue weighted by molar-refractivity contribution is 0.289. The van der Waals surface area contributed by atoms with E-state index in [9.17, 15) is 0 Å². The maximum absolute atomic E-state index is 5.84. The van der Waals surface area contributed by atoms with Crippen LogP contribution in [0.1, 0.15) is 20.3 Å². The molecule has 0 aliphatic rings.